The Balaban J connectivity index is 1.72. The van der Waals surface area contributed by atoms with E-state index < -0.39 is 77.1 Å². The minimum Gasteiger partial charge on any atom is -0.458 e. The zero-order chi connectivity index (χ0) is 33.6. The molecule has 1 unspecified atom stereocenters. The molecule has 1 aliphatic carbocycles. The molecule has 258 valence electrons. The molecule has 14 atom stereocenters. The van der Waals surface area contributed by atoms with Crippen molar-refractivity contribution in [3.63, 3.8) is 0 Å². The van der Waals surface area contributed by atoms with E-state index in [0.29, 0.717) is 13.2 Å². The van der Waals surface area contributed by atoms with Gasteiger partial charge in [-0.05, 0) is 47.7 Å². The molecule has 3 heterocycles. The Bertz CT molecular complexity index is 1080. The first-order chi connectivity index (χ1) is 21.0. The number of likely N-dealkylation sites (N-methyl/N-ethyl adjacent to an activating group) is 1. The number of aliphatic hydroxyl groups excluding tert-OH is 1. The van der Waals surface area contributed by atoms with Gasteiger partial charge in [0.05, 0.1) is 43.2 Å². The van der Waals surface area contributed by atoms with E-state index in [1.165, 1.54) is 14.0 Å². The van der Waals surface area contributed by atoms with Gasteiger partial charge in [0.2, 0.25) is 0 Å². The van der Waals surface area contributed by atoms with Gasteiger partial charge in [0, 0.05) is 49.9 Å². The highest BCUT2D eigenvalue weighted by Gasteiger charge is 2.70. The minimum atomic E-state index is -1.77. The van der Waals surface area contributed by atoms with Gasteiger partial charge in [0.1, 0.15) is 23.4 Å². The normalized spacial score (nSPS) is 47.6. The number of rotatable bonds is 5. The van der Waals surface area contributed by atoms with E-state index in [2.05, 4.69) is 9.80 Å². The van der Waals surface area contributed by atoms with Crippen molar-refractivity contribution >= 4 is 17.5 Å². The Labute approximate surface area is 268 Å². The summed E-state index contributed by atoms with van der Waals surface area (Å²) in [5.74, 6) is -5.66. The lowest BCUT2D eigenvalue weighted by atomic mass is 9.76. The number of Topliss-reactive ketones (excluding diaryl/α,β-unsaturated/α-hetero) is 2. The molecule has 0 spiro atoms. The van der Waals surface area contributed by atoms with Crippen molar-refractivity contribution in [2.75, 3.05) is 47.5 Å². The van der Waals surface area contributed by atoms with Crippen molar-refractivity contribution in [2.45, 2.75) is 115 Å². The van der Waals surface area contributed by atoms with Crippen molar-refractivity contribution in [2.24, 2.45) is 29.6 Å². The van der Waals surface area contributed by atoms with E-state index >= 15 is 0 Å². The summed E-state index contributed by atoms with van der Waals surface area (Å²) in [4.78, 5) is 45.5. The highest BCUT2D eigenvalue weighted by atomic mass is 16.7. The Kier molecular flexibility index (Phi) is 11.2. The molecule has 12 nitrogen and oxygen atoms in total. The molecule has 4 rings (SSSR count). The predicted molar refractivity (Wildman–Crippen MR) is 164 cm³/mol. The number of methoxy groups -OCH3 is 1. The quantitative estimate of drug-likeness (QED) is 0.330. The van der Waals surface area contributed by atoms with Gasteiger partial charge in [-0.2, -0.15) is 0 Å². The maximum Gasteiger partial charge on any atom is 0.316 e. The zero-order valence-electron chi connectivity index (χ0n) is 28.7. The molecular weight excluding hydrogens is 584 g/mol. The molecule has 4 fully saturated rings. The number of fused-ring (bicyclic) bond motifs is 1. The molecular formula is C33H56N2O10. The fourth-order valence-electron chi connectivity index (χ4n) is 8.01. The maximum atomic E-state index is 14.0. The molecule has 2 N–H and O–H groups in total. The van der Waals surface area contributed by atoms with Crippen LogP contribution in [0.25, 0.3) is 0 Å². The third kappa shape index (κ3) is 6.90. The van der Waals surface area contributed by atoms with E-state index in [9.17, 15) is 24.6 Å². The average Bonchev–Trinajstić information content (AvgIpc) is 3.54. The number of aliphatic hydroxyl groups is 2. The van der Waals surface area contributed by atoms with Crippen LogP contribution in [0.4, 0.5) is 0 Å². The van der Waals surface area contributed by atoms with Crippen LogP contribution in [0.5, 0.6) is 0 Å². The molecule has 0 aromatic heterocycles. The average molecular weight is 641 g/mol. The number of hydrogen-bond donors (Lipinski definition) is 2. The monoisotopic (exact) mass is 640 g/mol. The highest BCUT2D eigenvalue weighted by Crippen LogP contribution is 2.51. The molecule has 0 amide bonds. The topological polar surface area (TPSA) is 144 Å². The van der Waals surface area contributed by atoms with Crippen LogP contribution in [-0.4, -0.2) is 139 Å². The van der Waals surface area contributed by atoms with E-state index in [1.54, 1.807) is 27.7 Å². The third-order valence-electron chi connectivity index (χ3n) is 11.1. The Morgan fingerprint density at radius 2 is 1.60 bits per heavy atom. The fraction of sp³-hybridized carbons (Fsp3) is 0.909. The zero-order valence-corrected chi connectivity index (χ0v) is 28.7. The van der Waals surface area contributed by atoms with Gasteiger partial charge in [0.15, 0.2) is 12.1 Å². The van der Waals surface area contributed by atoms with Gasteiger partial charge < -0.3 is 38.8 Å². The standard InChI is InChI=1S/C33H56N2O10/c1-17-16-32(7,41-10)28(45-31-24(34(8)9)23(15-18(2)43-31)35-11-13-42-14-12-35)20(4)26(37)21(5)30(39)44-29-22(6)33(29,40)27(38)19(3)25(17)36/h17-24,27-29,31,38,40H,11-16H2,1-10H3/t17-,18-,19+,20+,21-,22?,23-,24+,27-,28-,29-,31+,32+,33+/m1/s1. The summed E-state index contributed by atoms with van der Waals surface area (Å²) in [7, 11) is 5.49. The summed E-state index contributed by atoms with van der Waals surface area (Å²) in [5, 5.41) is 22.4. The lowest BCUT2D eigenvalue weighted by Gasteiger charge is -2.51. The third-order valence-corrected chi connectivity index (χ3v) is 11.1. The number of hydrogen-bond acceptors (Lipinski definition) is 12. The van der Waals surface area contributed by atoms with E-state index in [1.807, 2.05) is 27.9 Å². The first kappa shape index (κ1) is 36.3. The second kappa shape index (κ2) is 13.9. The number of ketones is 2. The molecule has 4 aliphatic rings. The van der Waals surface area contributed by atoms with Crippen LogP contribution in [0.1, 0.15) is 61.3 Å². The van der Waals surface area contributed by atoms with E-state index in [-0.39, 0.29) is 30.4 Å². The van der Waals surface area contributed by atoms with Crippen molar-refractivity contribution < 1.29 is 48.3 Å². The fourth-order valence-corrected chi connectivity index (χ4v) is 8.01. The van der Waals surface area contributed by atoms with Crippen LogP contribution in [0, 0.1) is 29.6 Å². The van der Waals surface area contributed by atoms with Gasteiger partial charge in [0.25, 0.3) is 0 Å². The number of esters is 1. The van der Waals surface area contributed by atoms with Gasteiger partial charge in [-0.1, -0.05) is 27.7 Å². The summed E-state index contributed by atoms with van der Waals surface area (Å²) in [6, 6.07) is -0.0894. The number of nitrogens with zero attached hydrogens (tertiary/aromatic N) is 2. The Hall–Kier alpha value is -1.51. The molecule has 3 saturated heterocycles. The van der Waals surface area contributed by atoms with E-state index in [4.69, 9.17) is 23.7 Å². The summed E-state index contributed by atoms with van der Waals surface area (Å²) in [5.41, 5.74) is -2.95. The summed E-state index contributed by atoms with van der Waals surface area (Å²) >= 11 is 0. The van der Waals surface area contributed by atoms with Crippen molar-refractivity contribution in [1.29, 1.82) is 0 Å². The van der Waals surface area contributed by atoms with Crippen LogP contribution < -0.4 is 0 Å². The van der Waals surface area contributed by atoms with E-state index in [0.717, 1.165) is 19.5 Å². The molecule has 12 heteroatoms. The molecule has 45 heavy (non-hydrogen) atoms. The molecule has 3 aliphatic heterocycles. The molecule has 0 radical (unpaired) electrons. The second-order valence-electron chi connectivity index (χ2n) is 14.5. The Morgan fingerprint density at radius 1 is 0.978 bits per heavy atom. The van der Waals surface area contributed by atoms with Crippen LogP contribution in [0.3, 0.4) is 0 Å². The van der Waals surface area contributed by atoms with Crippen molar-refractivity contribution in [1.82, 2.24) is 9.80 Å². The lowest BCUT2D eigenvalue weighted by Crippen LogP contribution is -2.64. The smallest absolute Gasteiger partial charge is 0.316 e. The number of carbonyl (C=O) groups is 3. The molecule has 0 aromatic carbocycles. The van der Waals surface area contributed by atoms with Gasteiger partial charge in [-0.15, -0.1) is 0 Å². The van der Waals surface area contributed by atoms with Crippen LogP contribution in [-0.2, 0) is 38.1 Å². The first-order valence-corrected chi connectivity index (χ1v) is 16.5. The number of ether oxygens (including phenoxy) is 5. The van der Waals surface area contributed by atoms with Gasteiger partial charge in [-0.25, -0.2) is 0 Å². The SMILES string of the molecule is CO[C@@]1(C)C[C@@H](C)C(=O)[C@H](C)[C@@H](O)[C@@]2(O)C(C)[C@H]2OC(=O)[C@H](C)C(=O)[C@H](C)[C@H]1O[C@@H]1O[C@H](C)C[C@@H](N2CCOCC2)[C@@H]1N(C)C. The minimum absolute atomic E-state index is 0.104. The van der Waals surface area contributed by atoms with Crippen LogP contribution in [0.15, 0.2) is 0 Å². The summed E-state index contributed by atoms with van der Waals surface area (Å²) in [6.07, 6.45) is -3.31. The van der Waals surface area contributed by atoms with Gasteiger partial charge >= 0.3 is 5.97 Å². The first-order valence-electron chi connectivity index (χ1n) is 16.5. The van der Waals surface area contributed by atoms with Crippen molar-refractivity contribution in [3.05, 3.63) is 0 Å². The predicted octanol–water partition coefficient (Wildman–Crippen LogP) is 1.28. The second-order valence-corrected chi connectivity index (χ2v) is 14.5. The lowest BCUT2D eigenvalue weighted by molar-refractivity contribution is -0.284. The maximum absolute atomic E-state index is 14.0. The molecule has 0 aromatic rings. The Morgan fingerprint density at radius 3 is 2.18 bits per heavy atom. The number of carbonyl (C=O) groups excluding carboxylic acids is 3. The summed E-state index contributed by atoms with van der Waals surface area (Å²) < 4.78 is 30.7. The molecule has 1 saturated carbocycles. The summed E-state index contributed by atoms with van der Waals surface area (Å²) in [6.45, 7) is 14.9. The van der Waals surface area contributed by atoms with Crippen LogP contribution >= 0.6 is 0 Å². The number of morpholine rings is 1. The molecule has 0 bridgehead atoms. The largest absolute Gasteiger partial charge is 0.458 e. The highest BCUT2D eigenvalue weighted by molar-refractivity contribution is 6.00. The van der Waals surface area contributed by atoms with Gasteiger partial charge in [-0.3, -0.25) is 19.3 Å². The van der Waals surface area contributed by atoms with Crippen LogP contribution in [0.2, 0.25) is 0 Å². The van der Waals surface area contributed by atoms with Crippen molar-refractivity contribution in [3.8, 4) is 0 Å².